The smallest absolute Gasteiger partial charge is 0.151 e. The Labute approximate surface area is 95.5 Å². The zero-order chi connectivity index (χ0) is 10.8. The average molecular weight is 226 g/mol. The topological polar surface area (TPSA) is 29.0 Å². The van der Waals surface area contributed by atoms with Crippen LogP contribution in [0.2, 0.25) is 5.15 Å². The predicted octanol–water partition coefficient (Wildman–Crippen LogP) is 2.61. The van der Waals surface area contributed by atoms with E-state index in [0.29, 0.717) is 5.15 Å². The SMILES string of the molecule is CC1CC(C)CN(c2ccc(Cl)nn2)C1. The fourth-order valence-electron chi connectivity index (χ4n) is 2.33. The zero-order valence-electron chi connectivity index (χ0n) is 9.15. The zero-order valence-corrected chi connectivity index (χ0v) is 9.91. The van der Waals surface area contributed by atoms with Gasteiger partial charge < -0.3 is 4.90 Å². The molecule has 2 heterocycles. The van der Waals surface area contributed by atoms with Gasteiger partial charge >= 0.3 is 0 Å². The summed E-state index contributed by atoms with van der Waals surface area (Å²) in [4.78, 5) is 2.29. The van der Waals surface area contributed by atoms with E-state index in [2.05, 4.69) is 28.9 Å². The van der Waals surface area contributed by atoms with Gasteiger partial charge in [-0.2, -0.15) is 0 Å². The predicted molar refractivity (Wildman–Crippen MR) is 62.2 cm³/mol. The lowest BCUT2D eigenvalue weighted by atomic mass is 9.92. The first-order valence-electron chi connectivity index (χ1n) is 5.39. The normalized spacial score (nSPS) is 26.7. The maximum atomic E-state index is 5.72. The maximum Gasteiger partial charge on any atom is 0.151 e. The Bertz CT molecular complexity index is 315. The van der Waals surface area contributed by atoms with Gasteiger partial charge in [-0.3, -0.25) is 0 Å². The summed E-state index contributed by atoms with van der Waals surface area (Å²) >= 11 is 5.72. The minimum absolute atomic E-state index is 0.455. The fourth-order valence-corrected chi connectivity index (χ4v) is 2.43. The van der Waals surface area contributed by atoms with Crippen LogP contribution in [-0.2, 0) is 0 Å². The van der Waals surface area contributed by atoms with E-state index < -0.39 is 0 Å². The first kappa shape index (κ1) is 10.7. The molecule has 0 N–H and O–H groups in total. The molecular weight excluding hydrogens is 210 g/mol. The van der Waals surface area contributed by atoms with Crippen LogP contribution in [0.5, 0.6) is 0 Å². The summed E-state index contributed by atoms with van der Waals surface area (Å²) in [6.45, 7) is 6.71. The highest BCUT2D eigenvalue weighted by Gasteiger charge is 2.22. The van der Waals surface area contributed by atoms with Crippen LogP contribution in [0.3, 0.4) is 0 Å². The van der Waals surface area contributed by atoms with Crippen molar-refractivity contribution in [2.24, 2.45) is 11.8 Å². The van der Waals surface area contributed by atoms with Gasteiger partial charge in [-0.15, -0.1) is 10.2 Å². The van der Waals surface area contributed by atoms with Crippen molar-refractivity contribution in [2.45, 2.75) is 20.3 Å². The van der Waals surface area contributed by atoms with Gasteiger partial charge in [0.15, 0.2) is 11.0 Å². The molecule has 2 atom stereocenters. The molecule has 82 valence electrons. The standard InChI is InChI=1S/C11H16ClN3/c1-8-5-9(2)7-15(6-8)11-4-3-10(12)13-14-11/h3-4,8-9H,5-7H2,1-2H3. The molecule has 0 aliphatic carbocycles. The Kier molecular flexibility index (Phi) is 3.10. The van der Waals surface area contributed by atoms with Crippen LogP contribution in [0, 0.1) is 11.8 Å². The van der Waals surface area contributed by atoms with Crippen LogP contribution in [0.15, 0.2) is 12.1 Å². The first-order valence-corrected chi connectivity index (χ1v) is 5.77. The summed E-state index contributed by atoms with van der Waals surface area (Å²) in [5.41, 5.74) is 0. The molecular formula is C11H16ClN3. The second-order valence-electron chi connectivity index (χ2n) is 4.57. The van der Waals surface area contributed by atoms with Crippen LogP contribution >= 0.6 is 11.6 Å². The van der Waals surface area contributed by atoms with Crippen molar-refractivity contribution in [3.63, 3.8) is 0 Å². The lowest BCUT2D eigenvalue weighted by Crippen LogP contribution is -2.39. The molecule has 1 aliphatic heterocycles. The van der Waals surface area contributed by atoms with Gasteiger partial charge in [-0.25, -0.2) is 0 Å². The molecule has 0 bridgehead atoms. The molecule has 15 heavy (non-hydrogen) atoms. The molecule has 0 amide bonds. The van der Waals surface area contributed by atoms with Gasteiger partial charge in [0, 0.05) is 13.1 Å². The highest BCUT2D eigenvalue weighted by molar-refractivity contribution is 6.29. The number of rotatable bonds is 1. The summed E-state index contributed by atoms with van der Waals surface area (Å²) in [5.74, 6) is 2.40. The van der Waals surface area contributed by atoms with Crippen LogP contribution in [0.25, 0.3) is 0 Å². The van der Waals surface area contributed by atoms with Gasteiger partial charge in [0.2, 0.25) is 0 Å². The van der Waals surface area contributed by atoms with Crippen molar-refractivity contribution in [1.29, 1.82) is 0 Å². The van der Waals surface area contributed by atoms with E-state index in [0.717, 1.165) is 30.7 Å². The second-order valence-corrected chi connectivity index (χ2v) is 4.95. The van der Waals surface area contributed by atoms with Gasteiger partial charge in [-0.05, 0) is 30.4 Å². The largest absolute Gasteiger partial charge is 0.355 e. The monoisotopic (exact) mass is 225 g/mol. The van der Waals surface area contributed by atoms with Crippen molar-refractivity contribution in [3.05, 3.63) is 17.3 Å². The van der Waals surface area contributed by atoms with E-state index in [4.69, 9.17) is 11.6 Å². The molecule has 1 fully saturated rings. The summed E-state index contributed by atoms with van der Waals surface area (Å²) in [5, 5.41) is 8.45. The van der Waals surface area contributed by atoms with Crippen LogP contribution in [-0.4, -0.2) is 23.3 Å². The molecule has 4 heteroatoms. The maximum absolute atomic E-state index is 5.72. The highest BCUT2D eigenvalue weighted by Crippen LogP contribution is 2.24. The van der Waals surface area contributed by atoms with Gasteiger partial charge in [-0.1, -0.05) is 25.4 Å². The molecule has 0 saturated carbocycles. The van der Waals surface area contributed by atoms with Crippen molar-refractivity contribution < 1.29 is 0 Å². The fraction of sp³-hybridized carbons (Fsp3) is 0.636. The van der Waals surface area contributed by atoms with Gasteiger partial charge in [0.05, 0.1) is 0 Å². The van der Waals surface area contributed by atoms with E-state index >= 15 is 0 Å². The summed E-state index contributed by atoms with van der Waals surface area (Å²) in [6, 6.07) is 3.74. The van der Waals surface area contributed by atoms with Gasteiger partial charge in [0.25, 0.3) is 0 Å². The highest BCUT2D eigenvalue weighted by atomic mass is 35.5. The Morgan fingerprint density at radius 2 is 1.87 bits per heavy atom. The summed E-state index contributed by atoms with van der Waals surface area (Å²) in [6.07, 6.45) is 1.30. The van der Waals surface area contributed by atoms with Crippen molar-refractivity contribution in [3.8, 4) is 0 Å². The van der Waals surface area contributed by atoms with E-state index in [9.17, 15) is 0 Å². The van der Waals surface area contributed by atoms with Crippen molar-refractivity contribution >= 4 is 17.4 Å². The third-order valence-corrected chi connectivity index (χ3v) is 3.01. The molecule has 0 aromatic carbocycles. The minimum atomic E-state index is 0.455. The molecule has 1 saturated heterocycles. The number of hydrogen-bond donors (Lipinski definition) is 0. The first-order chi connectivity index (χ1) is 7.15. The third kappa shape index (κ3) is 2.59. The Morgan fingerprint density at radius 1 is 1.20 bits per heavy atom. The summed E-state index contributed by atoms with van der Waals surface area (Å²) in [7, 11) is 0. The molecule has 1 aliphatic rings. The molecule has 0 spiro atoms. The lowest BCUT2D eigenvalue weighted by Gasteiger charge is -2.35. The van der Waals surface area contributed by atoms with Gasteiger partial charge in [0.1, 0.15) is 0 Å². The number of anilines is 1. The number of nitrogens with zero attached hydrogens (tertiary/aromatic N) is 3. The van der Waals surface area contributed by atoms with E-state index in [-0.39, 0.29) is 0 Å². The molecule has 2 unspecified atom stereocenters. The Hall–Kier alpha value is -0.830. The molecule has 1 aromatic heterocycles. The lowest BCUT2D eigenvalue weighted by molar-refractivity contribution is 0.355. The number of halogens is 1. The van der Waals surface area contributed by atoms with Crippen molar-refractivity contribution in [2.75, 3.05) is 18.0 Å². The van der Waals surface area contributed by atoms with E-state index in [1.54, 1.807) is 6.07 Å². The quantitative estimate of drug-likeness (QED) is 0.736. The Balaban J connectivity index is 2.12. The average Bonchev–Trinajstić information content (AvgIpc) is 2.17. The van der Waals surface area contributed by atoms with Crippen LogP contribution in [0.4, 0.5) is 5.82 Å². The number of aromatic nitrogens is 2. The van der Waals surface area contributed by atoms with E-state index in [1.807, 2.05) is 6.07 Å². The molecule has 0 radical (unpaired) electrons. The second kappa shape index (κ2) is 4.35. The van der Waals surface area contributed by atoms with E-state index in [1.165, 1.54) is 6.42 Å². The molecule has 2 rings (SSSR count). The minimum Gasteiger partial charge on any atom is -0.355 e. The molecule has 1 aromatic rings. The summed E-state index contributed by atoms with van der Waals surface area (Å²) < 4.78 is 0. The Morgan fingerprint density at radius 3 is 2.40 bits per heavy atom. The number of hydrogen-bond acceptors (Lipinski definition) is 3. The van der Waals surface area contributed by atoms with Crippen LogP contribution < -0.4 is 4.90 Å². The third-order valence-electron chi connectivity index (χ3n) is 2.81. The van der Waals surface area contributed by atoms with Crippen molar-refractivity contribution in [1.82, 2.24) is 10.2 Å². The van der Waals surface area contributed by atoms with Crippen LogP contribution in [0.1, 0.15) is 20.3 Å². The number of piperidine rings is 1. The molecule has 3 nitrogen and oxygen atoms in total.